The third-order valence-electron chi connectivity index (χ3n) is 6.40. The summed E-state index contributed by atoms with van der Waals surface area (Å²) in [5.41, 5.74) is 0.612. The van der Waals surface area contributed by atoms with E-state index in [-0.39, 0.29) is 16.8 Å². The van der Waals surface area contributed by atoms with Gasteiger partial charge in [-0.15, -0.1) is 11.3 Å². The van der Waals surface area contributed by atoms with Crippen LogP contribution in [0.5, 0.6) is 0 Å². The molecular formula is C22H28N2O3S2. The van der Waals surface area contributed by atoms with E-state index in [1.165, 1.54) is 24.1 Å². The number of amides is 1. The van der Waals surface area contributed by atoms with Gasteiger partial charge in [0, 0.05) is 23.0 Å². The van der Waals surface area contributed by atoms with Crippen molar-refractivity contribution in [2.45, 2.75) is 56.4 Å². The molecule has 1 heterocycles. The molecule has 5 nitrogen and oxygen atoms in total. The zero-order valence-corrected chi connectivity index (χ0v) is 18.3. The minimum Gasteiger partial charge on any atom is -0.326 e. The summed E-state index contributed by atoms with van der Waals surface area (Å²) in [6, 6.07) is 10.4. The normalized spacial score (nSPS) is 24.5. The van der Waals surface area contributed by atoms with Crippen LogP contribution in [0.3, 0.4) is 0 Å². The van der Waals surface area contributed by atoms with Gasteiger partial charge in [0.2, 0.25) is 15.9 Å². The second-order valence-corrected chi connectivity index (χ2v) is 11.1. The molecule has 4 atom stereocenters. The molecule has 7 heteroatoms. The summed E-state index contributed by atoms with van der Waals surface area (Å²) in [7, 11) is -3.56. The lowest BCUT2D eigenvalue weighted by atomic mass is 9.84. The highest BCUT2D eigenvalue weighted by Crippen LogP contribution is 2.49. The molecule has 2 fully saturated rings. The minimum atomic E-state index is -3.56. The molecule has 1 aromatic heterocycles. The van der Waals surface area contributed by atoms with Gasteiger partial charge < -0.3 is 5.32 Å². The molecule has 0 spiro atoms. The van der Waals surface area contributed by atoms with Crippen LogP contribution in [0.4, 0.5) is 5.69 Å². The minimum absolute atomic E-state index is 0.0491. The second-order valence-electron chi connectivity index (χ2n) is 8.40. The first-order valence-electron chi connectivity index (χ1n) is 10.4. The summed E-state index contributed by atoms with van der Waals surface area (Å²) in [4.78, 5) is 13.5. The Morgan fingerprint density at radius 1 is 1.17 bits per heavy atom. The Balaban J connectivity index is 1.32. The standard InChI is InChI=1S/C22H28N2O3S2/c1-15(21-14-16-4-5-17(21)13-16)24-29(26,27)20-9-6-18(7-10-20)23-22(25)11-8-19-3-2-12-28-19/h2-3,6-7,9-10,12,15-17,21,24H,4-5,8,11,13-14H2,1H3,(H,23,25). The fourth-order valence-electron chi connectivity index (χ4n) is 4.94. The molecule has 2 bridgehead atoms. The zero-order valence-electron chi connectivity index (χ0n) is 16.6. The Hall–Kier alpha value is -1.70. The van der Waals surface area contributed by atoms with Crippen LogP contribution in [-0.4, -0.2) is 20.4 Å². The molecule has 0 saturated heterocycles. The van der Waals surface area contributed by atoms with Crippen LogP contribution in [0, 0.1) is 17.8 Å². The van der Waals surface area contributed by atoms with Crippen LogP contribution in [0.15, 0.2) is 46.7 Å². The van der Waals surface area contributed by atoms with Crippen LogP contribution >= 0.6 is 11.3 Å². The predicted octanol–water partition coefficient (Wildman–Crippen LogP) is 4.42. The lowest BCUT2D eigenvalue weighted by Crippen LogP contribution is -2.40. The summed E-state index contributed by atoms with van der Waals surface area (Å²) in [6.45, 7) is 1.99. The number of hydrogen-bond donors (Lipinski definition) is 2. The number of hydrogen-bond acceptors (Lipinski definition) is 4. The van der Waals surface area contributed by atoms with Crippen molar-refractivity contribution < 1.29 is 13.2 Å². The second kappa shape index (κ2) is 8.58. The van der Waals surface area contributed by atoms with Crippen LogP contribution in [0.25, 0.3) is 0 Å². The number of carbonyl (C=O) groups is 1. The quantitative estimate of drug-likeness (QED) is 0.648. The van der Waals surface area contributed by atoms with Crippen molar-refractivity contribution in [3.05, 3.63) is 46.7 Å². The molecule has 0 aliphatic heterocycles. The monoisotopic (exact) mass is 432 g/mol. The van der Waals surface area contributed by atoms with E-state index in [0.29, 0.717) is 30.4 Å². The molecule has 2 aromatic rings. The average Bonchev–Trinajstić information content (AvgIpc) is 3.44. The molecule has 29 heavy (non-hydrogen) atoms. The molecule has 2 aliphatic rings. The van der Waals surface area contributed by atoms with Crippen molar-refractivity contribution in [2.24, 2.45) is 17.8 Å². The molecule has 4 unspecified atom stereocenters. The van der Waals surface area contributed by atoms with E-state index in [4.69, 9.17) is 0 Å². The number of thiophene rings is 1. The van der Waals surface area contributed by atoms with Gasteiger partial charge in [-0.2, -0.15) is 0 Å². The maximum Gasteiger partial charge on any atom is 0.240 e. The van der Waals surface area contributed by atoms with E-state index in [0.717, 1.165) is 12.3 Å². The fraction of sp³-hybridized carbons (Fsp3) is 0.500. The number of aryl methyl sites for hydroxylation is 1. The van der Waals surface area contributed by atoms with Gasteiger partial charge in [-0.3, -0.25) is 4.79 Å². The third-order valence-corrected chi connectivity index (χ3v) is 8.91. The Morgan fingerprint density at radius 2 is 1.97 bits per heavy atom. The number of benzene rings is 1. The van der Waals surface area contributed by atoms with E-state index in [1.807, 2.05) is 24.4 Å². The van der Waals surface area contributed by atoms with Gasteiger partial charge in [0.15, 0.2) is 0 Å². The fourth-order valence-corrected chi connectivity index (χ4v) is 6.94. The number of sulfonamides is 1. The zero-order chi connectivity index (χ0) is 20.4. The number of anilines is 1. The van der Waals surface area contributed by atoms with Crippen molar-refractivity contribution in [1.82, 2.24) is 4.72 Å². The third kappa shape index (κ3) is 4.90. The van der Waals surface area contributed by atoms with Crippen molar-refractivity contribution >= 4 is 33.0 Å². The van der Waals surface area contributed by atoms with Gasteiger partial charge >= 0.3 is 0 Å². The smallest absolute Gasteiger partial charge is 0.240 e. The lowest BCUT2D eigenvalue weighted by Gasteiger charge is -2.28. The first kappa shape index (κ1) is 20.6. The first-order valence-corrected chi connectivity index (χ1v) is 12.7. The highest BCUT2D eigenvalue weighted by molar-refractivity contribution is 7.89. The summed E-state index contributed by atoms with van der Waals surface area (Å²) in [6.07, 6.45) is 6.07. The van der Waals surface area contributed by atoms with Gasteiger partial charge in [0.1, 0.15) is 0 Å². The highest BCUT2D eigenvalue weighted by Gasteiger charge is 2.42. The van der Waals surface area contributed by atoms with Gasteiger partial charge in [-0.05, 0) is 86.1 Å². The molecule has 2 N–H and O–H groups in total. The summed E-state index contributed by atoms with van der Waals surface area (Å²) < 4.78 is 28.4. The van der Waals surface area contributed by atoms with Crippen LogP contribution in [0.1, 0.15) is 43.9 Å². The van der Waals surface area contributed by atoms with E-state index < -0.39 is 10.0 Å². The molecule has 156 valence electrons. The molecule has 1 aromatic carbocycles. The van der Waals surface area contributed by atoms with Gasteiger partial charge in [-0.1, -0.05) is 12.5 Å². The highest BCUT2D eigenvalue weighted by atomic mass is 32.2. The van der Waals surface area contributed by atoms with Gasteiger partial charge in [0.25, 0.3) is 0 Å². The molecular weight excluding hydrogens is 404 g/mol. The summed E-state index contributed by atoms with van der Waals surface area (Å²) in [5.74, 6) is 1.84. The molecule has 2 aliphatic carbocycles. The predicted molar refractivity (Wildman–Crippen MR) is 116 cm³/mol. The van der Waals surface area contributed by atoms with Crippen LogP contribution in [0.2, 0.25) is 0 Å². The molecule has 4 rings (SSSR count). The molecule has 0 radical (unpaired) electrons. The maximum absolute atomic E-state index is 12.8. The largest absolute Gasteiger partial charge is 0.326 e. The lowest BCUT2D eigenvalue weighted by molar-refractivity contribution is -0.116. The Kier molecular flexibility index (Phi) is 6.08. The van der Waals surface area contributed by atoms with Gasteiger partial charge in [0.05, 0.1) is 4.90 Å². The van der Waals surface area contributed by atoms with E-state index in [2.05, 4.69) is 10.0 Å². The average molecular weight is 433 g/mol. The number of carbonyl (C=O) groups excluding carboxylic acids is 1. The number of nitrogens with one attached hydrogen (secondary N) is 2. The first-order chi connectivity index (χ1) is 13.9. The topological polar surface area (TPSA) is 75.3 Å². The van der Waals surface area contributed by atoms with Crippen molar-refractivity contribution in [2.75, 3.05) is 5.32 Å². The number of rotatable bonds is 8. The van der Waals surface area contributed by atoms with Crippen LogP contribution in [-0.2, 0) is 21.2 Å². The van der Waals surface area contributed by atoms with E-state index >= 15 is 0 Å². The Bertz CT molecular complexity index is 939. The Morgan fingerprint density at radius 3 is 2.59 bits per heavy atom. The van der Waals surface area contributed by atoms with Crippen molar-refractivity contribution in [1.29, 1.82) is 0 Å². The van der Waals surface area contributed by atoms with Crippen LogP contribution < -0.4 is 10.0 Å². The van der Waals surface area contributed by atoms with E-state index in [1.54, 1.807) is 35.6 Å². The summed E-state index contributed by atoms with van der Waals surface area (Å²) >= 11 is 1.64. The SMILES string of the molecule is CC(NS(=O)(=O)c1ccc(NC(=O)CCc2cccs2)cc1)C1CC2CCC1C2. The Labute approximate surface area is 177 Å². The van der Waals surface area contributed by atoms with Crippen molar-refractivity contribution in [3.63, 3.8) is 0 Å². The van der Waals surface area contributed by atoms with E-state index in [9.17, 15) is 13.2 Å². The number of fused-ring (bicyclic) bond motifs is 2. The molecule has 2 saturated carbocycles. The van der Waals surface area contributed by atoms with Crippen molar-refractivity contribution in [3.8, 4) is 0 Å². The summed E-state index contributed by atoms with van der Waals surface area (Å²) in [5, 5.41) is 4.84. The van der Waals surface area contributed by atoms with Gasteiger partial charge in [-0.25, -0.2) is 13.1 Å². The maximum atomic E-state index is 12.8. The molecule has 1 amide bonds.